The van der Waals surface area contributed by atoms with E-state index < -0.39 is 0 Å². The van der Waals surface area contributed by atoms with Crippen LogP contribution >= 0.6 is 11.6 Å². The number of nitro benzene ring substituents is 1. The monoisotopic (exact) mass is 297 g/mol. The van der Waals surface area contributed by atoms with Crippen LogP contribution in [0.25, 0.3) is 0 Å². The molecule has 1 aliphatic rings. The lowest BCUT2D eigenvalue weighted by Crippen LogP contribution is -2.34. The SMILES string of the molecule is CN(Cc1cc([N+](=O)[O-])ccc1Cl)CC1CCNCC1. The van der Waals surface area contributed by atoms with Gasteiger partial charge < -0.3 is 10.2 Å². The summed E-state index contributed by atoms with van der Waals surface area (Å²) < 4.78 is 0. The highest BCUT2D eigenvalue weighted by Gasteiger charge is 2.16. The quantitative estimate of drug-likeness (QED) is 0.670. The van der Waals surface area contributed by atoms with Crippen molar-refractivity contribution in [3.8, 4) is 0 Å². The van der Waals surface area contributed by atoms with Gasteiger partial charge in [0.25, 0.3) is 5.69 Å². The van der Waals surface area contributed by atoms with E-state index in [9.17, 15) is 10.1 Å². The number of hydrogen-bond acceptors (Lipinski definition) is 4. The van der Waals surface area contributed by atoms with Crippen LogP contribution in [0, 0.1) is 16.0 Å². The molecule has 5 nitrogen and oxygen atoms in total. The first-order valence-corrected chi connectivity index (χ1v) is 7.26. The number of halogens is 1. The van der Waals surface area contributed by atoms with Crippen molar-refractivity contribution in [2.24, 2.45) is 5.92 Å². The van der Waals surface area contributed by atoms with Crippen molar-refractivity contribution in [3.05, 3.63) is 38.9 Å². The molecule has 20 heavy (non-hydrogen) atoms. The zero-order valence-electron chi connectivity index (χ0n) is 11.6. The maximum absolute atomic E-state index is 10.8. The molecular formula is C14H20ClN3O2. The van der Waals surface area contributed by atoms with Crippen LogP contribution in [0.3, 0.4) is 0 Å². The van der Waals surface area contributed by atoms with Crippen LogP contribution in [-0.4, -0.2) is 36.5 Å². The Labute approximate surface area is 124 Å². The lowest BCUT2D eigenvalue weighted by atomic mass is 9.97. The van der Waals surface area contributed by atoms with Crippen molar-refractivity contribution in [2.75, 3.05) is 26.7 Å². The number of benzene rings is 1. The number of rotatable bonds is 5. The van der Waals surface area contributed by atoms with E-state index in [1.165, 1.54) is 18.9 Å². The van der Waals surface area contributed by atoms with Crippen molar-refractivity contribution in [1.82, 2.24) is 10.2 Å². The molecule has 1 aromatic carbocycles. The summed E-state index contributed by atoms with van der Waals surface area (Å²) in [7, 11) is 2.04. The maximum Gasteiger partial charge on any atom is 0.269 e. The Morgan fingerprint density at radius 1 is 1.45 bits per heavy atom. The number of nitro groups is 1. The zero-order chi connectivity index (χ0) is 14.5. The summed E-state index contributed by atoms with van der Waals surface area (Å²) in [5.41, 5.74) is 0.914. The Morgan fingerprint density at radius 2 is 2.15 bits per heavy atom. The van der Waals surface area contributed by atoms with E-state index in [0.717, 1.165) is 25.2 Å². The van der Waals surface area contributed by atoms with Crippen molar-refractivity contribution in [1.29, 1.82) is 0 Å². The van der Waals surface area contributed by atoms with Gasteiger partial charge >= 0.3 is 0 Å². The Kier molecular flexibility index (Phi) is 5.34. The fraction of sp³-hybridized carbons (Fsp3) is 0.571. The van der Waals surface area contributed by atoms with Gasteiger partial charge in [-0.15, -0.1) is 0 Å². The van der Waals surface area contributed by atoms with Gasteiger partial charge in [-0.25, -0.2) is 0 Å². The minimum absolute atomic E-state index is 0.0969. The van der Waals surface area contributed by atoms with E-state index in [4.69, 9.17) is 11.6 Å². The maximum atomic E-state index is 10.8. The van der Waals surface area contributed by atoms with E-state index in [2.05, 4.69) is 10.2 Å². The fourth-order valence-corrected chi connectivity index (χ4v) is 2.83. The molecule has 1 fully saturated rings. The second-order valence-electron chi connectivity index (χ2n) is 5.42. The second kappa shape index (κ2) is 7.02. The summed E-state index contributed by atoms with van der Waals surface area (Å²) in [5, 5.41) is 14.8. The first-order chi connectivity index (χ1) is 9.56. The summed E-state index contributed by atoms with van der Waals surface area (Å²) in [6.07, 6.45) is 2.38. The van der Waals surface area contributed by atoms with Crippen LogP contribution in [0.2, 0.25) is 5.02 Å². The standard InChI is InChI=1S/C14H20ClN3O2/c1-17(9-11-4-6-16-7-5-11)10-12-8-13(18(19)20)2-3-14(12)15/h2-3,8,11,16H,4-7,9-10H2,1H3. The second-order valence-corrected chi connectivity index (χ2v) is 5.83. The smallest absolute Gasteiger partial charge is 0.269 e. The lowest BCUT2D eigenvalue weighted by Gasteiger charge is -2.27. The van der Waals surface area contributed by atoms with E-state index >= 15 is 0 Å². The molecule has 0 atom stereocenters. The largest absolute Gasteiger partial charge is 0.317 e. The number of nitrogens with one attached hydrogen (secondary N) is 1. The summed E-state index contributed by atoms with van der Waals surface area (Å²) in [5.74, 6) is 0.693. The predicted molar refractivity (Wildman–Crippen MR) is 80.0 cm³/mol. The van der Waals surface area contributed by atoms with Crippen LogP contribution in [0.5, 0.6) is 0 Å². The Balaban J connectivity index is 1.97. The van der Waals surface area contributed by atoms with Crippen LogP contribution in [0.1, 0.15) is 18.4 Å². The van der Waals surface area contributed by atoms with Gasteiger partial charge in [0, 0.05) is 30.2 Å². The van der Waals surface area contributed by atoms with E-state index in [1.54, 1.807) is 12.1 Å². The lowest BCUT2D eigenvalue weighted by molar-refractivity contribution is -0.384. The van der Waals surface area contributed by atoms with Crippen molar-refractivity contribution in [3.63, 3.8) is 0 Å². The number of piperidine rings is 1. The topological polar surface area (TPSA) is 58.4 Å². The summed E-state index contributed by atoms with van der Waals surface area (Å²) in [6, 6.07) is 4.62. The molecule has 0 aliphatic carbocycles. The van der Waals surface area contributed by atoms with E-state index in [0.29, 0.717) is 17.5 Å². The highest BCUT2D eigenvalue weighted by Crippen LogP contribution is 2.24. The minimum atomic E-state index is -0.382. The third kappa shape index (κ3) is 4.16. The third-order valence-corrected chi connectivity index (χ3v) is 4.08. The van der Waals surface area contributed by atoms with Gasteiger partial charge in [0.05, 0.1) is 4.92 Å². The van der Waals surface area contributed by atoms with E-state index in [1.807, 2.05) is 7.05 Å². The predicted octanol–water partition coefficient (Wildman–Crippen LogP) is 2.68. The molecule has 0 unspecified atom stereocenters. The Morgan fingerprint density at radius 3 is 2.80 bits per heavy atom. The molecule has 0 aromatic heterocycles. The van der Waals surface area contributed by atoms with Gasteiger partial charge in [0.2, 0.25) is 0 Å². The summed E-state index contributed by atoms with van der Waals surface area (Å²) in [6.45, 7) is 3.80. The Hall–Kier alpha value is -1.17. The molecule has 6 heteroatoms. The zero-order valence-corrected chi connectivity index (χ0v) is 12.4. The highest BCUT2D eigenvalue weighted by molar-refractivity contribution is 6.31. The van der Waals surface area contributed by atoms with Crippen molar-refractivity contribution >= 4 is 17.3 Å². The van der Waals surface area contributed by atoms with Crippen molar-refractivity contribution in [2.45, 2.75) is 19.4 Å². The average molecular weight is 298 g/mol. The molecule has 0 radical (unpaired) electrons. The highest BCUT2D eigenvalue weighted by atomic mass is 35.5. The number of nitrogens with zero attached hydrogens (tertiary/aromatic N) is 2. The minimum Gasteiger partial charge on any atom is -0.317 e. The molecule has 1 N–H and O–H groups in total. The van der Waals surface area contributed by atoms with Gasteiger partial charge in [-0.3, -0.25) is 10.1 Å². The molecule has 1 aliphatic heterocycles. The van der Waals surface area contributed by atoms with Gasteiger partial charge in [-0.1, -0.05) is 11.6 Å². The molecule has 0 amide bonds. The molecular weight excluding hydrogens is 278 g/mol. The molecule has 2 rings (SSSR count). The molecule has 0 saturated carbocycles. The van der Waals surface area contributed by atoms with Gasteiger partial charge in [0.1, 0.15) is 0 Å². The summed E-state index contributed by atoms with van der Waals surface area (Å²) in [4.78, 5) is 12.6. The molecule has 1 saturated heterocycles. The fourth-order valence-electron chi connectivity index (χ4n) is 2.66. The number of hydrogen-bond donors (Lipinski definition) is 1. The van der Waals surface area contributed by atoms with Crippen LogP contribution in [0.4, 0.5) is 5.69 Å². The molecule has 1 aromatic rings. The molecule has 0 bridgehead atoms. The van der Waals surface area contributed by atoms with Crippen LogP contribution < -0.4 is 5.32 Å². The Bertz CT molecular complexity index is 475. The normalized spacial score (nSPS) is 16.6. The average Bonchev–Trinajstić information content (AvgIpc) is 2.42. The summed E-state index contributed by atoms with van der Waals surface area (Å²) >= 11 is 6.13. The van der Waals surface area contributed by atoms with E-state index in [-0.39, 0.29) is 10.6 Å². The van der Waals surface area contributed by atoms with Gasteiger partial charge in [-0.05, 0) is 50.5 Å². The third-order valence-electron chi connectivity index (χ3n) is 3.71. The van der Waals surface area contributed by atoms with Gasteiger partial charge in [-0.2, -0.15) is 0 Å². The van der Waals surface area contributed by atoms with Crippen LogP contribution in [0.15, 0.2) is 18.2 Å². The first kappa shape index (κ1) is 15.2. The van der Waals surface area contributed by atoms with Crippen LogP contribution in [-0.2, 0) is 6.54 Å². The van der Waals surface area contributed by atoms with Crippen molar-refractivity contribution < 1.29 is 4.92 Å². The molecule has 1 heterocycles. The number of non-ortho nitro benzene ring substituents is 1. The first-order valence-electron chi connectivity index (χ1n) is 6.88. The van der Waals surface area contributed by atoms with Gasteiger partial charge in [0.15, 0.2) is 0 Å². The molecule has 110 valence electrons. The molecule has 0 spiro atoms.